The van der Waals surface area contributed by atoms with Crippen LogP contribution in [0.3, 0.4) is 0 Å². The molecular formula is C19H11ClFN3O2S. The number of hydrogen-bond donors (Lipinski definition) is 0. The maximum absolute atomic E-state index is 13.8. The molecule has 0 fully saturated rings. The topological polar surface area (TPSA) is 64.3 Å². The Bertz CT molecular complexity index is 1330. The minimum atomic E-state index is -0.520. The van der Waals surface area contributed by atoms with Crippen molar-refractivity contribution in [3.63, 3.8) is 0 Å². The maximum Gasteiger partial charge on any atom is 0.296 e. The van der Waals surface area contributed by atoms with E-state index in [4.69, 9.17) is 11.6 Å². The van der Waals surface area contributed by atoms with Crippen LogP contribution in [0.2, 0.25) is 5.02 Å². The monoisotopic (exact) mass is 399 g/mol. The summed E-state index contributed by atoms with van der Waals surface area (Å²) in [6.07, 6.45) is 1.59. The van der Waals surface area contributed by atoms with E-state index in [-0.39, 0.29) is 27.2 Å². The van der Waals surface area contributed by atoms with E-state index in [1.54, 1.807) is 42.5 Å². The molecule has 0 saturated heterocycles. The van der Waals surface area contributed by atoms with Gasteiger partial charge >= 0.3 is 0 Å². The van der Waals surface area contributed by atoms with Gasteiger partial charge in [0.1, 0.15) is 11.5 Å². The first-order valence-corrected chi connectivity index (χ1v) is 9.15. The van der Waals surface area contributed by atoms with E-state index in [1.807, 2.05) is 0 Å². The van der Waals surface area contributed by atoms with Gasteiger partial charge in [0.2, 0.25) is 4.96 Å². The van der Waals surface area contributed by atoms with Crippen LogP contribution < -0.4 is 15.7 Å². The highest BCUT2D eigenvalue weighted by atomic mass is 35.5. The summed E-state index contributed by atoms with van der Waals surface area (Å²) in [4.78, 5) is 29.0. The van der Waals surface area contributed by atoms with Gasteiger partial charge in [-0.05, 0) is 23.8 Å². The van der Waals surface area contributed by atoms with Crippen LogP contribution in [0, 0.1) is 5.82 Å². The second kappa shape index (κ2) is 7.02. The largest absolute Gasteiger partial charge is 0.296 e. The van der Waals surface area contributed by atoms with Gasteiger partial charge in [-0.1, -0.05) is 59.3 Å². The molecule has 0 aliphatic carbocycles. The van der Waals surface area contributed by atoms with Gasteiger partial charge in [-0.15, -0.1) is 0 Å². The Balaban J connectivity index is 1.85. The third-order valence-corrected chi connectivity index (χ3v) is 5.29. The Morgan fingerprint density at radius 2 is 1.85 bits per heavy atom. The molecule has 8 heteroatoms. The molecule has 2 aromatic heterocycles. The highest BCUT2D eigenvalue weighted by Gasteiger charge is 2.13. The van der Waals surface area contributed by atoms with Crippen molar-refractivity contribution in [1.82, 2.24) is 14.6 Å². The number of halogens is 2. The molecule has 4 aromatic rings. The molecule has 134 valence electrons. The van der Waals surface area contributed by atoms with Crippen LogP contribution in [0.15, 0.2) is 58.1 Å². The van der Waals surface area contributed by atoms with Crippen molar-refractivity contribution < 1.29 is 4.39 Å². The van der Waals surface area contributed by atoms with Gasteiger partial charge < -0.3 is 0 Å². The zero-order valence-electron chi connectivity index (χ0n) is 13.7. The summed E-state index contributed by atoms with van der Waals surface area (Å²) in [5.74, 6) is -0.441. The van der Waals surface area contributed by atoms with Crippen LogP contribution in [0.5, 0.6) is 0 Å². The number of rotatable bonds is 3. The zero-order chi connectivity index (χ0) is 19.0. The molecule has 2 aromatic carbocycles. The van der Waals surface area contributed by atoms with Crippen LogP contribution >= 0.6 is 22.9 Å². The molecule has 0 radical (unpaired) electrons. The number of aromatic nitrogens is 3. The first-order chi connectivity index (χ1) is 13.0. The molecular weight excluding hydrogens is 389 g/mol. The van der Waals surface area contributed by atoms with E-state index in [9.17, 15) is 14.0 Å². The van der Waals surface area contributed by atoms with Crippen molar-refractivity contribution in [1.29, 1.82) is 0 Å². The lowest BCUT2D eigenvalue weighted by Gasteiger charge is -2.02. The van der Waals surface area contributed by atoms with Gasteiger partial charge in [-0.2, -0.15) is 14.6 Å². The van der Waals surface area contributed by atoms with E-state index in [2.05, 4.69) is 10.1 Å². The average Bonchev–Trinajstić information content (AvgIpc) is 2.94. The lowest BCUT2D eigenvalue weighted by atomic mass is 10.1. The Hall–Kier alpha value is -2.90. The molecule has 0 N–H and O–H groups in total. The number of hydrogen-bond acceptors (Lipinski definition) is 5. The lowest BCUT2D eigenvalue weighted by molar-refractivity contribution is 0.625. The van der Waals surface area contributed by atoms with Gasteiger partial charge in [0.15, 0.2) is 0 Å². The Morgan fingerprint density at radius 1 is 1.11 bits per heavy atom. The standard InChI is InChI=1S/C19H11ClFN3O2S/c20-13-7-3-1-5-11(13)9-15-17(25)22-19-24(23-15)18(26)16(27-19)10-12-6-2-4-8-14(12)21/h1-8,10H,9H2. The highest BCUT2D eigenvalue weighted by Crippen LogP contribution is 2.16. The first-order valence-electron chi connectivity index (χ1n) is 7.95. The molecule has 0 atom stereocenters. The summed E-state index contributed by atoms with van der Waals surface area (Å²) in [5, 5.41) is 4.67. The van der Waals surface area contributed by atoms with Crippen molar-refractivity contribution in [2.75, 3.05) is 0 Å². The second-order valence-electron chi connectivity index (χ2n) is 5.76. The van der Waals surface area contributed by atoms with Crippen molar-refractivity contribution in [3.05, 3.63) is 101 Å². The third-order valence-electron chi connectivity index (χ3n) is 3.96. The summed E-state index contributed by atoms with van der Waals surface area (Å²) in [5.41, 5.74) is 0.138. The van der Waals surface area contributed by atoms with Crippen molar-refractivity contribution in [2.45, 2.75) is 6.42 Å². The number of fused-ring (bicyclic) bond motifs is 1. The summed E-state index contributed by atoms with van der Waals surface area (Å²) in [6, 6.07) is 13.2. The van der Waals surface area contributed by atoms with Crippen molar-refractivity contribution >= 4 is 34.0 Å². The van der Waals surface area contributed by atoms with Gasteiger partial charge in [0.25, 0.3) is 11.1 Å². The fourth-order valence-corrected chi connectivity index (χ4v) is 3.71. The quantitative estimate of drug-likeness (QED) is 0.531. The number of benzene rings is 2. The van der Waals surface area contributed by atoms with E-state index in [0.29, 0.717) is 10.6 Å². The summed E-state index contributed by atoms with van der Waals surface area (Å²) < 4.78 is 15.2. The fraction of sp³-hybridized carbons (Fsp3) is 0.0526. The summed E-state index contributed by atoms with van der Waals surface area (Å²) >= 11 is 7.12. The van der Waals surface area contributed by atoms with E-state index in [0.717, 1.165) is 15.9 Å². The van der Waals surface area contributed by atoms with E-state index < -0.39 is 16.9 Å². The SMILES string of the molecule is O=c1nc2sc(=Cc3ccccc3F)c(=O)n2nc1Cc1ccccc1Cl. The average molecular weight is 400 g/mol. The third kappa shape index (κ3) is 3.39. The molecule has 0 spiro atoms. The molecule has 0 aliphatic rings. The minimum Gasteiger partial charge on any atom is -0.266 e. The zero-order valence-corrected chi connectivity index (χ0v) is 15.3. The molecule has 27 heavy (non-hydrogen) atoms. The van der Waals surface area contributed by atoms with Crippen LogP contribution in [-0.4, -0.2) is 14.6 Å². The van der Waals surface area contributed by atoms with Gasteiger partial charge in [-0.3, -0.25) is 9.59 Å². The van der Waals surface area contributed by atoms with Crippen molar-refractivity contribution in [3.8, 4) is 0 Å². The highest BCUT2D eigenvalue weighted by molar-refractivity contribution is 7.15. The predicted molar refractivity (Wildman–Crippen MR) is 103 cm³/mol. The summed E-state index contributed by atoms with van der Waals surface area (Å²) in [6.45, 7) is 0. The van der Waals surface area contributed by atoms with Gasteiger partial charge in [0, 0.05) is 17.0 Å². The molecule has 2 heterocycles. The fourth-order valence-electron chi connectivity index (χ4n) is 2.61. The summed E-state index contributed by atoms with van der Waals surface area (Å²) in [7, 11) is 0. The second-order valence-corrected chi connectivity index (χ2v) is 7.18. The van der Waals surface area contributed by atoms with Gasteiger partial charge in [-0.25, -0.2) is 4.39 Å². The molecule has 0 aliphatic heterocycles. The van der Waals surface area contributed by atoms with Crippen molar-refractivity contribution in [2.24, 2.45) is 0 Å². The van der Waals surface area contributed by atoms with Crippen LogP contribution in [-0.2, 0) is 6.42 Å². The number of nitrogens with zero attached hydrogens (tertiary/aromatic N) is 3. The van der Waals surface area contributed by atoms with E-state index in [1.165, 1.54) is 12.1 Å². The number of thiazole rings is 1. The first kappa shape index (κ1) is 17.5. The lowest BCUT2D eigenvalue weighted by Crippen LogP contribution is -2.28. The van der Waals surface area contributed by atoms with Crippen LogP contribution in [0.4, 0.5) is 4.39 Å². The smallest absolute Gasteiger partial charge is 0.266 e. The molecule has 5 nitrogen and oxygen atoms in total. The maximum atomic E-state index is 13.8. The molecule has 0 unspecified atom stereocenters. The molecule has 0 saturated carbocycles. The Morgan fingerprint density at radius 3 is 2.63 bits per heavy atom. The Labute approximate surface area is 161 Å². The molecule has 4 rings (SSSR count). The van der Waals surface area contributed by atoms with Crippen LogP contribution in [0.25, 0.3) is 11.0 Å². The normalized spacial score (nSPS) is 12.0. The van der Waals surface area contributed by atoms with E-state index >= 15 is 0 Å². The molecule has 0 bridgehead atoms. The van der Waals surface area contributed by atoms with Gasteiger partial charge in [0.05, 0.1) is 4.53 Å². The minimum absolute atomic E-state index is 0.118. The molecule has 0 amide bonds. The Kier molecular flexibility index (Phi) is 4.55. The van der Waals surface area contributed by atoms with Crippen LogP contribution in [0.1, 0.15) is 16.8 Å². The predicted octanol–water partition coefficient (Wildman–Crippen LogP) is 2.44.